The van der Waals surface area contributed by atoms with Crippen molar-refractivity contribution in [3.63, 3.8) is 0 Å². The van der Waals surface area contributed by atoms with Crippen molar-refractivity contribution in [1.82, 2.24) is 4.98 Å². The fraction of sp³-hybridized carbons (Fsp3) is 0.583. The van der Waals surface area contributed by atoms with Crippen molar-refractivity contribution in [2.24, 2.45) is 5.92 Å². The van der Waals surface area contributed by atoms with Crippen LogP contribution < -0.4 is 0 Å². The number of aryl methyl sites for hydroxylation is 2. The summed E-state index contributed by atoms with van der Waals surface area (Å²) in [6.07, 6.45) is 1.45. The molecule has 0 saturated heterocycles. The van der Waals surface area contributed by atoms with E-state index in [1.807, 2.05) is 39.0 Å². The summed E-state index contributed by atoms with van der Waals surface area (Å²) in [6.45, 7) is 6.06. The number of aliphatic hydroxyl groups excluding tert-OH is 1. The van der Waals surface area contributed by atoms with E-state index in [1.165, 1.54) is 0 Å². The molecule has 1 unspecified atom stereocenters. The van der Waals surface area contributed by atoms with Gasteiger partial charge in [0, 0.05) is 11.4 Å². The lowest BCUT2D eigenvalue weighted by Gasteiger charge is -2.13. The molecule has 0 aliphatic rings. The van der Waals surface area contributed by atoms with E-state index in [-0.39, 0.29) is 6.10 Å². The molecule has 2 nitrogen and oxygen atoms in total. The van der Waals surface area contributed by atoms with Crippen molar-refractivity contribution in [3.05, 3.63) is 29.6 Å². The smallest absolute Gasteiger partial charge is 0.0566 e. The normalized spacial score (nSPS) is 13.2. The predicted octanol–water partition coefficient (Wildman–Crippen LogP) is 2.34. The van der Waals surface area contributed by atoms with E-state index in [4.69, 9.17) is 0 Å². The highest BCUT2D eigenvalue weighted by Crippen LogP contribution is 2.09. The zero-order valence-electron chi connectivity index (χ0n) is 9.20. The van der Waals surface area contributed by atoms with E-state index in [9.17, 15) is 5.11 Å². The largest absolute Gasteiger partial charge is 0.393 e. The van der Waals surface area contributed by atoms with Crippen LogP contribution in [0.3, 0.4) is 0 Å². The molecular formula is C12H19NO. The Bertz CT molecular complexity index is 283. The lowest BCUT2D eigenvalue weighted by atomic mass is 10.0. The van der Waals surface area contributed by atoms with Crippen LogP contribution in [0.15, 0.2) is 18.2 Å². The minimum Gasteiger partial charge on any atom is -0.393 e. The first-order valence-corrected chi connectivity index (χ1v) is 5.20. The molecule has 1 rings (SSSR count). The van der Waals surface area contributed by atoms with Gasteiger partial charge in [0.15, 0.2) is 0 Å². The van der Waals surface area contributed by atoms with Gasteiger partial charge < -0.3 is 5.11 Å². The van der Waals surface area contributed by atoms with Crippen molar-refractivity contribution < 1.29 is 5.11 Å². The Morgan fingerprint density at radius 3 is 2.64 bits per heavy atom. The van der Waals surface area contributed by atoms with Gasteiger partial charge in [0.05, 0.1) is 6.10 Å². The summed E-state index contributed by atoms with van der Waals surface area (Å²) in [5, 5.41) is 9.63. The summed E-state index contributed by atoms with van der Waals surface area (Å²) in [5.41, 5.74) is 2.12. The number of hydrogen-bond donors (Lipinski definition) is 1. The Balaban J connectivity index is 2.45. The zero-order chi connectivity index (χ0) is 10.6. The van der Waals surface area contributed by atoms with Crippen molar-refractivity contribution in [2.75, 3.05) is 0 Å². The summed E-state index contributed by atoms with van der Waals surface area (Å²) in [5.74, 6) is 0.333. The predicted molar refractivity (Wildman–Crippen MR) is 58.1 cm³/mol. The fourth-order valence-corrected chi connectivity index (χ4v) is 1.37. The minimum atomic E-state index is -0.211. The van der Waals surface area contributed by atoms with E-state index in [1.54, 1.807) is 0 Å². The minimum absolute atomic E-state index is 0.211. The van der Waals surface area contributed by atoms with Crippen molar-refractivity contribution in [2.45, 2.75) is 39.7 Å². The van der Waals surface area contributed by atoms with Crippen LogP contribution in [0.1, 0.15) is 31.7 Å². The number of aromatic nitrogens is 1. The summed E-state index contributed by atoms with van der Waals surface area (Å²) < 4.78 is 0. The van der Waals surface area contributed by atoms with Gasteiger partial charge in [0.2, 0.25) is 0 Å². The Labute approximate surface area is 86.0 Å². The molecular weight excluding hydrogens is 174 g/mol. The lowest BCUT2D eigenvalue weighted by molar-refractivity contribution is 0.116. The molecule has 0 aliphatic carbocycles. The third kappa shape index (κ3) is 3.46. The molecule has 0 fully saturated rings. The number of pyridine rings is 1. The van der Waals surface area contributed by atoms with Gasteiger partial charge in [0.1, 0.15) is 0 Å². The van der Waals surface area contributed by atoms with E-state index < -0.39 is 0 Å². The standard InChI is InChI=1S/C12H19NO/c1-9(2)12(14)8-7-11-6-4-5-10(3)13-11/h4-6,9,12,14H,7-8H2,1-3H3. The van der Waals surface area contributed by atoms with Crippen LogP contribution in [-0.2, 0) is 6.42 Å². The first kappa shape index (κ1) is 11.2. The van der Waals surface area contributed by atoms with Gasteiger partial charge in [-0.1, -0.05) is 19.9 Å². The maximum atomic E-state index is 9.63. The van der Waals surface area contributed by atoms with Crippen LogP contribution in [0.25, 0.3) is 0 Å². The average Bonchev–Trinajstić information content (AvgIpc) is 2.14. The zero-order valence-corrected chi connectivity index (χ0v) is 9.20. The molecule has 1 heterocycles. The van der Waals surface area contributed by atoms with Gasteiger partial charge in [-0.05, 0) is 37.8 Å². The van der Waals surface area contributed by atoms with Gasteiger partial charge in [-0.25, -0.2) is 0 Å². The Kier molecular flexibility index (Phi) is 4.08. The van der Waals surface area contributed by atoms with E-state index in [0.717, 1.165) is 24.2 Å². The highest BCUT2D eigenvalue weighted by Gasteiger charge is 2.09. The van der Waals surface area contributed by atoms with E-state index >= 15 is 0 Å². The second kappa shape index (κ2) is 5.11. The molecule has 14 heavy (non-hydrogen) atoms. The Morgan fingerprint density at radius 2 is 2.07 bits per heavy atom. The highest BCUT2D eigenvalue weighted by atomic mass is 16.3. The van der Waals surface area contributed by atoms with Crippen molar-refractivity contribution in [3.8, 4) is 0 Å². The third-order valence-corrected chi connectivity index (χ3v) is 2.41. The van der Waals surface area contributed by atoms with Gasteiger partial charge in [-0.3, -0.25) is 4.98 Å². The van der Waals surface area contributed by atoms with Gasteiger partial charge in [-0.2, -0.15) is 0 Å². The molecule has 0 saturated carbocycles. The summed E-state index contributed by atoms with van der Waals surface area (Å²) >= 11 is 0. The van der Waals surface area contributed by atoms with E-state index in [0.29, 0.717) is 5.92 Å². The molecule has 2 heteroatoms. The van der Waals surface area contributed by atoms with Crippen molar-refractivity contribution >= 4 is 0 Å². The fourth-order valence-electron chi connectivity index (χ4n) is 1.37. The lowest BCUT2D eigenvalue weighted by Crippen LogP contribution is -2.15. The molecule has 1 aromatic rings. The van der Waals surface area contributed by atoms with Crippen LogP contribution in [0.5, 0.6) is 0 Å². The quantitative estimate of drug-likeness (QED) is 0.796. The molecule has 0 radical (unpaired) electrons. The maximum Gasteiger partial charge on any atom is 0.0566 e. The van der Waals surface area contributed by atoms with Crippen LogP contribution in [0, 0.1) is 12.8 Å². The molecule has 1 aromatic heterocycles. The van der Waals surface area contributed by atoms with Crippen LogP contribution >= 0.6 is 0 Å². The van der Waals surface area contributed by atoms with Gasteiger partial charge in [0.25, 0.3) is 0 Å². The van der Waals surface area contributed by atoms with Gasteiger partial charge >= 0.3 is 0 Å². The molecule has 1 atom stereocenters. The SMILES string of the molecule is Cc1cccc(CCC(O)C(C)C)n1. The molecule has 0 aromatic carbocycles. The Hall–Kier alpha value is -0.890. The Morgan fingerprint density at radius 1 is 1.36 bits per heavy atom. The average molecular weight is 193 g/mol. The topological polar surface area (TPSA) is 33.1 Å². The number of aliphatic hydroxyl groups is 1. The first-order valence-electron chi connectivity index (χ1n) is 5.20. The molecule has 1 N–H and O–H groups in total. The molecule has 0 bridgehead atoms. The van der Waals surface area contributed by atoms with Gasteiger partial charge in [-0.15, -0.1) is 0 Å². The second-order valence-electron chi connectivity index (χ2n) is 4.12. The number of rotatable bonds is 4. The summed E-state index contributed by atoms with van der Waals surface area (Å²) in [6, 6.07) is 6.02. The molecule has 0 aliphatic heterocycles. The van der Waals surface area contributed by atoms with Crippen molar-refractivity contribution in [1.29, 1.82) is 0 Å². The molecule has 0 spiro atoms. The highest BCUT2D eigenvalue weighted by molar-refractivity contribution is 5.09. The van der Waals surface area contributed by atoms with Crippen LogP contribution in [-0.4, -0.2) is 16.2 Å². The number of nitrogens with zero attached hydrogens (tertiary/aromatic N) is 1. The van der Waals surface area contributed by atoms with Crippen LogP contribution in [0.2, 0.25) is 0 Å². The maximum absolute atomic E-state index is 9.63. The monoisotopic (exact) mass is 193 g/mol. The summed E-state index contributed by atoms with van der Waals surface area (Å²) in [7, 11) is 0. The first-order chi connectivity index (χ1) is 6.59. The summed E-state index contributed by atoms with van der Waals surface area (Å²) in [4.78, 5) is 4.39. The molecule has 78 valence electrons. The van der Waals surface area contributed by atoms with E-state index in [2.05, 4.69) is 4.98 Å². The second-order valence-corrected chi connectivity index (χ2v) is 4.12. The number of hydrogen-bond acceptors (Lipinski definition) is 2. The third-order valence-electron chi connectivity index (χ3n) is 2.41. The molecule has 0 amide bonds. The van der Waals surface area contributed by atoms with Crippen LogP contribution in [0.4, 0.5) is 0 Å².